The molecule has 0 aliphatic heterocycles. The van der Waals surface area contributed by atoms with Gasteiger partial charge in [-0.05, 0) is 55.3 Å². The Bertz CT molecular complexity index is 1160. The molecule has 0 unspecified atom stereocenters. The smallest absolute Gasteiger partial charge is 0.241 e. The van der Waals surface area contributed by atoms with E-state index >= 15 is 0 Å². The maximum Gasteiger partial charge on any atom is 0.241 e. The molecule has 0 fully saturated rings. The fraction of sp³-hybridized carbons (Fsp3) is 0.292. The number of furan rings is 1. The predicted octanol–water partition coefficient (Wildman–Crippen LogP) is 3.37. The van der Waals surface area contributed by atoms with Crippen LogP contribution in [0.2, 0.25) is 0 Å². The summed E-state index contributed by atoms with van der Waals surface area (Å²) in [4.78, 5) is 12.7. The standard InChI is InChI=1S/C24H28N2O6S/c1-17-6-9-19(10-7-17)33(28,29)26-20(21-5-4-14-32-21)16-24(27)25-13-12-18-8-11-22(30-2)23(15-18)31-3/h4-11,14-15,20,26H,12-13,16H2,1-3H3,(H,25,27)/t20-/m0/s1. The van der Waals surface area contributed by atoms with Gasteiger partial charge in [0, 0.05) is 6.54 Å². The minimum absolute atomic E-state index is 0.107. The van der Waals surface area contributed by atoms with E-state index in [4.69, 9.17) is 13.9 Å². The molecule has 3 rings (SSSR count). The first-order valence-corrected chi connectivity index (χ1v) is 11.9. The maximum atomic E-state index is 12.8. The van der Waals surface area contributed by atoms with Gasteiger partial charge in [0.2, 0.25) is 15.9 Å². The Kier molecular flexibility index (Phi) is 8.13. The average molecular weight is 473 g/mol. The molecule has 0 spiro atoms. The van der Waals surface area contributed by atoms with Gasteiger partial charge in [-0.25, -0.2) is 8.42 Å². The van der Waals surface area contributed by atoms with Crippen molar-refractivity contribution in [3.63, 3.8) is 0 Å². The third-order valence-corrected chi connectivity index (χ3v) is 6.58. The van der Waals surface area contributed by atoms with Crippen molar-refractivity contribution in [3.8, 4) is 11.5 Å². The van der Waals surface area contributed by atoms with Crippen molar-refractivity contribution < 1.29 is 27.1 Å². The largest absolute Gasteiger partial charge is 0.493 e. The zero-order valence-corrected chi connectivity index (χ0v) is 19.6. The van der Waals surface area contributed by atoms with Crippen molar-refractivity contribution in [1.82, 2.24) is 10.0 Å². The number of rotatable bonds is 11. The molecule has 0 bridgehead atoms. The third kappa shape index (κ3) is 6.59. The van der Waals surface area contributed by atoms with Gasteiger partial charge in [-0.1, -0.05) is 23.8 Å². The fourth-order valence-electron chi connectivity index (χ4n) is 3.30. The van der Waals surface area contributed by atoms with Crippen LogP contribution in [-0.2, 0) is 21.2 Å². The summed E-state index contributed by atoms with van der Waals surface area (Å²) in [5.74, 6) is 1.31. The van der Waals surface area contributed by atoms with E-state index in [9.17, 15) is 13.2 Å². The Balaban J connectivity index is 1.62. The van der Waals surface area contributed by atoms with Gasteiger partial charge in [-0.2, -0.15) is 4.72 Å². The Hall–Kier alpha value is -3.30. The van der Waals surface area contributed by atoms with E-state index in [1.807, 2.05) is 25.1 Å². The number of ether oxygens (including phenoxy) is 2. The van der Waals surface area contributed by atoms with Crippen LogP contribution in [0.1, 0.15) is 29.3 Å². The van der Waals surface area contributed by atoms with Crippen LogP contribution < -0.4 is 19.5 Å². The summed E-state index contributed by atoms with van der Waals surface area (Å²) in [5.41, 5.74) is 1.92. The number of sulfonamides is 1. The lowest BCUT2D eigenvalue weighted by atomic mass is 10.1. The van der Waals surface area contributed by atoms with Crippen LogP contribution in [-0.4, -0.2) is 35.1 Å². The number of benzene rings is 2. The molecule has 0 aliphatic carbocycles. The second kappa shape index (κ2) is 11.0. The van der Waals surface area contributed by atoms with Crippen molar-refractivity contribution in [2.75, 3.05) is 20.8 Å². The van der Waals surface area contributed by atoms with E-state index in [2.05, 4.69) is 10.0 Å². The number of nitrogens with one attached hydrogen (secondary N) is 2. The molecule has 8 nitrogen and oxygen atoms in total. The van der Waals surface area contributed by atoms with Crippen molar-refractivity contribution in [1.29, 1.82) is 0 Å². The van der Waals surface area contributed by atoms with Crippen molar-refractivity contribution >= 4 is 15.9 Å². The first-order valence-electron chi connectivity index (χ1n) is 10.4. The highest BCUT2D eigenvalue weighted by molar-refractivity contribution is 7.89. The summed E-state index contributed by atoms with van der Waals surface area (Å²) >= 11 is 0. The molecule has 33 heavy (non-hydrogen) atoms. The number of hydrogen-bond donors (Lipinski definition) is 2. The molecule has 2 aromatic carbocycles. The number of methoxy groups -OCH3 is 2. The molecule has 0 saturated heterocycles. The third-order valence-electron chi connectivity index (χ3n) is 5.09. The molecule has 1 amide bonds. The summed E-state index contributed by atoms with van der Waals surface area (Å²) in [6, 6.07) is 14.5. The topological polar surface area (TPSA) is 107 Å². The molecule has 9 heteroatoms. The molecule has 1 aromatic heterocycles. The Morgan fingerprint density at radius 3 is 2.39 bits per heavy atom. The van der Waals surface area contributed by atoms with E-state index in [-0.39, 0.29) is 17.2 Å². The second-order valence-electron chi connectivity index (χ2n) is 7.50. The lowest BCUT2D eigenvalue weighted by Gasteiger charge is -2.17. The maximum absolute atomic E-state index is 12.8. The summed E-state index contributed by atoms with van der Waals surface area (Å²) in [6.45, 7) is 2.26. The minimum atomic E-state index is -3.84. The monoisotopic (exact) mass is 472 g/mol. The molecule has 1 atom stereocenters. The van der Waals surface area contributed by atoms with Crippen molar-refractivity contribution in [2.45, 2.75) is 30.7 Å². The van der Waals surface area contributed by atoms with Gasteiger partial charge in [0.1, 0.15) is 5.76 Å². The van der Waals surface area contributed by atoms with Crippen LogP contribution in [0.4, 0.5) is 0 Å². The van der Waals surface area contributed by atoms with E-state index in [0.717, 1.165) is 11.1 Å². The van der Waals surface area contributed by atoms with Gasteiger partial charge in [-0.15, -0.1) is 0 Å². The number of carbonyl (C=O) groups is 1. The molecule has 0 aliphatic rings. The van der Waals surface area contributed by atoms with Gasteiger partial charge in [0.05, 0.1) is 37.8 Å². The number of carbonyl (C=O) groups excluding carboxylic acids is 1. The van der Waals surface area contributed by atoms with Crippen LogP contribution in [0.3, 0.4) is 0 Å². The molecule has 176 valence electrons. The molecule has 0 saturated carbocycles. The van der Waals surface area contributed by atoms with Crippen molar-refractivity contribution in [3.05, 3.63) is 77.7 Å². The van der Waals surface area contributed by atoms with E-state index < -0.39 is 16.1 Å². The SMILES string of the molecule is COc1ccc(CCNC(=O)C[C@H](NS(=O)(=O)c2ccc(C)cc2)c2ccco2)cc1OC. The van der Waals surface area contributed by atoms with E-state index in [1.54, 1.807) is 38.5 Å². The van der Waals surface area contributed by atoms with Gasteiger partial charge in [0.15, 0.2) is 11.5 Å². The Labute approximate surface area is 194 Å². The fourth-order valence-corrected chi connectivity index (χ4v) is 4.51. The minimum Gasteiger partial charge on any atom is -0.493 e. The Morgan fingerprint density at radius 2 is 1.76 bits per heavy atom. The number of aryl methyl sites for hydroxylation is 1. The average Bonchev–Trinajstić information content (AvgIpc) is 3.34. The quantitative estimate of drug-likeness (QED) is 0.443. The van der Waals surface area contributed by atoms with Crippen LogP contribution in [0.25, 0.3) is 0 Å². The molecule has 3 aromatic rings. The summed E-state index contributed by atoms with van der Waals surface area (Å²) in [7, 11) is -0.706. The first kappa shape index (κ1) is 24.3. The van der Waals surface area contributed by atoms with Crippen LogP contribution in [0.5, 0.6) is 11.5 Å². The number of amides is 1. The highest BCUT2D eigenvalue weighted by Gasteiger charge is 2.25. The highest BCUT2D eigenvalue weighted by atomic mass is 32.2. The molecule has 0 radical (unpaired) electrons. The van der Waals surface area contributed by atoms with Crippen LogP contribution >= 0.6 is 0 Å². The Morgan fingerprint density at radius 1 is 1.03 bits per heavy atom. The molecular formula is C24H28N2O6S. The summed E-state index contributed by atoms with van der Waals surface area (Å²) in [6.07, 6.45) is 1.91. The zero-order valence-electron chi connectivity index (χ0n) is 18.8. The lowest BCUT2D eigenvalue weighted by molar-refractivity contribution is -0.121. The molecular weight excluding hydrogens is 444 g/mol. The normalized spacial score (nSPS) is 12.2. The van der Waals surface area contributed by atoms with Gasteiger partial charge in [-0.3, -0.25) is 4.79 Å². The van der Waals surface area contributed by atoms with Crippen molar-refractivity contribution in [2.24, 2.45) is 0 Å². The lowest BCUT2D eigenvalue weighted by Crippen LogP contribution is -2.34. The van der Waals surface area contributed by atoms with E-state index in [0.29, 0.717) is 30.2 Å². The first-order chi connectivity index (χ1) is 15.8. The zero-order chi connectivity index (χ0) is 23.8. The van der Waals surface area contributed by atoms with Gasteiger partial charge < -0.3 is 19.2 Å². The number of hydrogen-bond acceptors (Lipinski definition) is 6. The van der Waals surface area contributed by atoms with Crippen LogP contribution in [0.15, 0.2) is 70.2 Å². The van der Waals surface area contributed by atoms with E-state index in [1.165, 1.54) is 18.4 Å². The summed E-state index contributed by atoms with van der Waals surface area (Å²) in [5, 5.41) is 2.84. The summed E-state index contributed by atoms with van der Waals surface area (Å²) < 4.78 is 44.2. The van der Waals surface area contributed by atoms with Gasteiger partial charge in [0.25, 0.3) is 0 Å². The van der Waals surface area contributed by atoms with Crippen LogP contribution in [0, 0.1) is 6.92 Å². The molecule has 2 N–H and O–H groups in total. The highest BCUT2D eigenvalue weighted by Crippen LogP contribution is 2.27. The molecule has 1 heterocycles. The predicted molar refractivity (Wildman–Crippen MR) is 124 cm³/mol. The van der Waals surface area contributed by atoms with Gasteiger partial charge >= 0.3 is 0 Å². The second-order valence-corrected chi connectivity index (χ2v) is 9.21.